The number of rotatable bonds is 5. The minimum absolute atomic E-state index is 0.0189. The largest absolute Gasteiger partial charge is 0.381 e. The van der Waals surface area contributed by atoms with Gasteiger partial charge in [0.25, 0.3) is 0 Å². The summed E-state index contributed by atoms with van der Waals surface area (Å²) in [5, 5.41) is 2.81. The highest BCUT2D eigenvalue weighted by molar-refractivity contribution is 5.91. The molecule has 0 unspecified atom stereocenters. The summed E-state index contributed by atoms with van der Waals surface area (Å²) in [5.74, 6) is -0.159. The van der Waals surface area contributed by atoms with E-state index in [0.717, 1.165) is 24.1 Å². The van der Waals surface area contributed by atoms with Crippen molar-refractivity contribution < 1.29 is 14.3 Å². The van der Waals surface area contributed by atoms with Crippen LogP contribution >= 0.6 is 0 Å². The van der Waals surface area contributed by atoms with Gasteiger partial charge in [0, 0.05) is 38.3 Å². The molecule has 1 aliphatic rings. The molecule has 0 radical (unpaired) electrons. The average Bonchev–Trinajstić information content (AvgIpc) is 2.49. The van der Waals surface area contributed by atoms with Crippen molar-refractivity contribution >= 4 is 11.6 Å². The first-order valence-corrected chi connectivity index (χ1v) is 6.92. The molecule has 1 amide bonds. The zero-order valence-electron chi connectivity index (χ0n) is 11.9. The van der Waals surface area contributed by atoms with Crippen molar-refractivity contribution in [3.05, 3.63) is 29.8 Å². The predicted octanol–water partition coefficient (Wildman–Crippen LogP) is 1.46. The van der Waals surface area contributed by atoms with E-state index < -0.39 is 5.60 Å². The van der Waals surface area contributed by atoms with Crippen LogP contribution in [0.2, 0.25) is 0 Å². The molecule has 0 aliphatic carbocycles. The van der Waals surface area contributed by atoms with Crippen molar-refractivity contribution in [1.29, 1.82) is 0 Å². The second-order valence-electron chi connectivity index (χ2n) is 5.20. The quantitative estimate of drug-likeness (QED) is 0.855. The van der Waals surface area contributed by atoms with Crippen LogP contribution in [0.3, 0.4) is 0 Å². The van der Waals surface area contributed by atoms with Crippen LogP contribution in [-0.2, 0) is 14.3 Å². The summed E-state index contributed by atoms with van der Waals surface area (Å²) < 4.78 is 11.1. The van der Waals surface area contributed by atoms with Gasteiger partial charge in [0.15, 0.2) is 0 Å². The van der Waals surface area contributed by atoms with Crippen LogP contribution in [-0.4, -0.2) is 37.9 Å². The lowest BCUT2D eigenvalue weighted by Gasteiger charge is -2.35. The second-order valence-corrected chi connectivity index (χ2v) is 5.20. The summed E-state index contributed by atoms with van der Waals surface area (Å²) in [6, 6.07) is 7.66. The molecule has 0 bridgehead atoms. The summed E-state index contributed by atoms with van der Waals surface area (Å²) in [5.41, 5.74) is 7.30. The molecule has 110 valence electrons. The van der Waals surface area contributed by atoms with Crippen LogP contribution in [0.4, 0.5) is 5.69 Å². The summed E-state index contributed by atoms with van der Waals surface area (Å²) in [6.45, 7) is 3.71. The number of benzene rings is 1. The van der Waals surface area contributed by atoms with Gasteiger partial charge in [0.2, 0.25) is 5.91 Å². The van der Waals surface area contributed by atoms with Gasteiger partial charge in [0.1, 0.15) is 6.61 Å². The van der Waals surface area contributed by atoms with Gasteiger partial charge >= 0.3 is 0 Å². The van der Waals surface area contributed by atoms with Crippen molar-refractivity contribution in [3.63, 3.8) is 0 Å². The van der Waals surface area contributed by atoms with Crippen LogP contribution in [0, 0.1) is 6.92 Å². The van der Waals surface area contributed by atoms with Gasteiger partial charge in [-0.1, -0.05) is 17.7 Å². The summed E-state index contributed by atoms with van der Waals surface area (Å²) >= 11 is 0. The lowest BCUT2D eigenvalue weighted by Crippen LogP contribution is -2.46. The van der Waals surface area contributed by atoms with Crippen molar-refractivity contribution in [1.82, 2.24) is 0 Å². The molecule has 0 spiro atoms. The fourth-order valence-electron chi connectivity index (χ4n) is 2.20. The Morgan fingerprint density at radius 1 is 1.35 bits per heavy atom. The summed E-state index contributed by atoms with van der Waals surface area (Å²) in [7, 11) is 0. The van der Waals surface area contributed by atoms with Crippen LogP contribution < -0.4 is 11.1 Å². The first-order chi connectivity index (χ1) is 9.63. The highest BCUT2D eigenvalue weighted by Crippen LogP contribution is 2.23. The molecule has 3 N–H and O–H groups in total. The number of carbonyl (C=O) groups excluding carboxylic acids is 1. The molecule has 0 atom stereocenters. The lowest BCUT2D eigenvalue weighted by molar-refractivity contribution is -0.137. The standard InChI is InChI=1S/C15H22N2O3/c1-12-2-4-13(5-3-12)17-14(18)10-20-15(11-16)6-8-19-9-7-15/h2-5H,6-11,16H2,1H3,(H,17,18). The summed E-state index contributed by atoms with van der Waals surface area (Å²) in [6.07, 6.45) is 1.47. The van der Waals surface area contributed by atoms with E-state index in [1.165, 1.54) is 0 Å². The van der Waals surface area contributed by atoms with E-state index in [2.05, 4.69) is 5.32 Å². The van der Waals surface area contributed by atoms with E-state index in [4.69, 9.17) is 15.2 Å². The Balaban J connectivity index is 1.83. The maximum Gasteiger partial charge on any atom is 0.250 e. The smallest absolute Gasteiger partial charge is 0.250 e. The Hall–Kier alpha value is -1.43. The van der Waals surface area contributed by atoms with Crippen molar-refractivity contribution in [2.75, 3.05) is 31.7 Å². The number of nitrogens with one attached hydrogen (secondary N) is 1. The fourth-order valence-corrected chi connectivity index (χ4v) is 2.20. The van der Waals surface area contributed by atoms with Gasteiger partial charge in [-0.2, -0.15) is 0 Å². The first-order valence-electron chi connectivity index (χ1n) is 6.92. The molecule has 1 fully saturated rings. The summed E-state index contributed by atoms with van der Waals surface area (Å²) in [4.78, 5) is 11.9. The molecule has 1 heterocycles. The Kier molecular flexibility index (Phi) is 5.11. The predicted molar refractivity (Wildman–Crippen MR) is 77.6 cm³/mol. The second kappa shape index (κ2) is 6.83. The molecule has 2 rings (SSSR count). The highest BCUT2D eigenvalue weighted by Gasteiger charge is 2.32. The Labute approximate surface area is 119 Å². The van der Waals surface area contributed by atoms with E-state index in [1.807, 2.05) is 31.2 Å². The van der Waals surface area contributed by atoms with Gasteiger partial charge in [0.05, 0.1) is 5.60 Å². The zero-order chi connectivity index (χ0) is 14.4. The number of carbonyl (C=O) groups is 1. The molecular weight excluding hydrogens is 256 g/mol. The molecule has 0 aromatic heterocycles. The van der Waals surface area contributed by atoms with E-state index in [9.17, 15) is 4.79 Å². The number of amides is 1. The molecule has 5 nitrogen and oxygen atoms in total. The normalized spacial score (nSPS) is 17.7. The minimum atomic E-state index is -0.414. The Morgan fingerprint density at radius 3 is 2.60 bits per heavy atom. The molecule has 1 saturated heterocycles. The number of anilines is 1. The van der Waals surface area contributed by atoms with Crippen molar-refractivity contribution in [2.45, 2.75) is 25.4 Å². The Bertz CT molecular complexity index is 439. The molecule has 0 saturated carbocycles. The number of aryl methyl sites for hydroxylation is 1. The van der Waals surface area contributed by atoms with Crippen molar-refractivity contribution in [3.8, 4) is 0 Å². The third-order valence-corrected chi connectivity index (χ3v) is 3.62. The van der Waals surface area contributed by atoms with Gasteiger partial charge in [-0.05, 0) is 19.1 Å². The number of hydrogen-bond acceptors (Lipinski definition) is 4. The molecule has 1 aromatic rings. The van der Waals surface area contributed by atoms with E-state index in [0.29, 0.717) is 19.8 Å². The van der Waals surface area contributed by atoms with Crippen LogP contribution in [0.15, 0.2) is 24.3 Å². The molecule has 1 aromatic carbocycles. The molecule has 5 heteroatoms. The van der Waals surface area contributed by atoms with Crippen LogP contribution in [0.5, 0.6) is 0 Å². The highest BCUT2D eigenvalue weighted by atomic mass is 16.5. The molecular formula is C15H22N2O3. The van der Waals surface area contributed by atoms with Crippen LogP contribution in [0.25, 0.3) is 0 Å². The minimum Gasteiger partial charge on any atom is -0.381 e. The van der Waals surface area contributed by atoms with Gasteiger partial charge in [-0.25, -0.2) is 0 Å². The monoisotopic (exact) mass is 278 g/mol. The van der Waals surface area contributed by atoms with E-state index >= 15 is 0 Å². The molecule has 1 aliphatic heterocycles. The number of hydrogen-bond donors (Lipinski definition) is 2. The van der Waals surface area contributed by atoms with Crippen LogP contribution in [0.1, 0.15) is 18.4 Å². The Morgan fingerprint density at radius 2 is 2.00 bits per heavy atom. The third kappa shape index (κ3) is 4.03. The average molecular weight is 278 g/mol. The maximum absolute atomic E-state index is 11.9. The van der Waals surface area contributed by atoms with Gasteiger partial charge in [-0.15, -0.1) is 0 Å². The number of nitrogens with two attached hydrogens (primary N) is 1. The number of ether oxygens (including phenoxy) is 2. The van der Waals surface area contributed by atoms with E-state index in [1.54, 1.807) is 0 Å². The van der Waals surface area contributed by atoms with Crippen molar-refractivity contribution in [2.24, 2.45) is 5.73 Å². The third-order valence-electron chi connectivity index (χ3n) is 3.62. The zero-order valence-corrected chi connectivity index (χ0v) is 11.9. The van der Waals surface area contributed by atoms with E-state index in [-0.39, 0.29) is 12.5 Å². The fraction of sp³-hybridized carbons (Fsp3) is 0.533. The first kappa shape index (κ1) is 15.0. The van der Waals surface area contributed by atoms with Gasteiger partial charge < -0.3 is 20.5 Å². The molecule has 20 heavy (non-hydrogen) atoms. The lowest BCUT2D eigenvalue weighted by atomic mass is 9.94. The van der Waals surface area contributed by atoms with Gasteiger partial charge in [-0.3, -0.25) is 4.79 Å². The SMILES string of the molecule is Cc1ccc(NC(=O)COC2(CN)CCOCC2)cc1. The topological polar surface area (TPSA) is 73.6 Å². The maximum atomic E-state index is 11.9.